The molecule has 1 aromatic carbocycles. The summed E-state index contributed by atoms with van der Waals surface area (Å²) in [6.45, 7) is 5.09. The SMILES string of the molecule is CCCn1cncc1C(O)Cc1cccc(C)c1. The highest BCUT2D eigenvalue weighted by atomic mass is 16.3. The van der Waals surface area contributed by atoms with E-state index in [0.29, 0.717) is 6.42 Å². The molecule has 0 saturated carbocycles. The summed E-state index contributed by atoms with van der Waals surface area (Å²) in [4.78, 5) is 4.12. The Hall–Kier alpha value is -1.61. The van der Waals surface area contributed by atoms with Crippen LogP contribution in [0.4, 0.5) is 0 Å². The Kier molecular flexibility index (Phi) is 4.15. The van der Waals surface area contributed by atoms with E-state index in [2.05, 4.69) is 37.0 Å². The average Bonchev–Trinajstić information content (AvgIpc) is 2.78. The first-order valence-electron chi connectivity index (χ1n) is 6.44. The fourth-order valence-electron chi connectivity index (χ4n) is 2.20. The zero-order valence-corrected chi connectivity index (χ0v) is 11.0. The van der Waals surface area contributed by atoms with Gasteiger partial charge in [0.1, 0.15) is 0 Å². The summed E-state index contributed by atoms with van der Waals surface area (Å²) >= 11 is 0. The Morgan fingerprint density at radius 1 is 1.39 bits per heavy atom. The lowest BCUT2D eigenvalue weighted by molar-refractivity contribution is 0.168. The number of hydrogen-bond acceptors (Lipinski definition) is 2. The standard InChI is InChI=1S/C15H20N2O/c1-3-7-17-11-16-10-14(17)15(18)9-13-6-4-5-12(2)8-13/h4-6,8,10-11,15,18H,3,7,9H2,1-2H3. The first kappa shape index (κ1) is 12.8. The van der Waals surface area contributed by atoms with Crippen molar-refractivity contribution in [2.45, 2.75) is 39.3 Å². The fourth-order valence-corrected chi connectivity index (χ4v) is 2.20. The molecule has 3 nitrogen and oxygen atoms in total. The van der Waals surface area contributed by atoms with E-state index in [-0.39, 0.29) is 0 Å². The van der Waals surface area contributed by atoms with Gasteiger partial charge in [-0.2, -0.15) is 0 Å². The maximum Gasteiger partial charge on any atom is 0.0995 e. The van der Waals surface area contributed by atoms with Crippen LogP contribution in [0.5, 0.6) is 0 Å². The minimum absolute atomic E-state index is 0.485. The monoisotopic (exact) mass is 244 g/mol. The predicted octanol–water partition coefficient (Wildman–Crippen LogP) is 2.88. The van der Waals surface area contributed by atoms with Gasteiger partial charge in [0.05, 0.1) is 24.3 Å². The fraction of sp³-hybridized carbons (Fsp3) is 0.400. The normalized spacial score (nSPS) is 12.6. The van der Waals surface area contributed by atoms with Gasteiger partial charge in [0, 0.05) is 13.0 Å². The molecule has 0 aliphatic heterocycles. The minimum Gasteiger partial charge on any atom is -0.386 e. The maximum absolute atomic E-state index is 10.3. The van der Waals surface area contributed by atoms with Crippen molar-refractivity contribution in [3.8, 4) is 0 Å². The topological polar surface area (TPSA) is 38.0 Å². The third kappa shape index (κ3) is 2.99. The van der Waals surface area contributed by atoms with Crippen molar-refractivity contribution >= 4 is 0 Å². The second-order valence-corrected chi connectivity index (χ2v) is 4.72. The average molecular weight is 244 g/mol. The Balaban J connectivity index is 2.11. The molecule has 18 heavy (non-hydrogen) atoms. The molecule has 96 valence electrons. The van der Waals surface area contributed by atoms with E-state index in [1.807, 2.05) is 10.6 Å². The summed E-state index contributed by atoms with van der Waals surface area (Å²) in [6.07, 6.45) is 4.74. The number of aliphatic hydroxyl groups excluding tert-OH is 1. The van der Waals surface area contributed by atoms with Crippen LogP contribution in [-0.4, -0.2) is 14.7 Å². The molecule has 1 atom stereocenters. The van der Waals surface area contributed by atoms with Crippen LogP contribution < -0.4 is 0 Å². The third-order valence-electron chi connectivity index (χ3n) is 3.06. The molecular weight excluding hydrogens is 224 g/mol. The molecule has 1 N–H and O–H groups in total. The molecule has 1 heterocycles. The van der Waals surface area contributed by atoms with Gasteiger partial charge in [0.25, 0.3) is 0 Å². The van der Waals surface area contributed by atoms with Gasteiger partial charge >= 0.3 is 0 Å². The van der Waals surface area contributed by atoms with Crippen LogP contribution in [0.1, 0.15) is 36.3 Å². The first-order chi connectivity index (χ1) is 8.70. The van der Waals surface area contributed by atoms with Gasteiger partial charge in [-0.15, -0.1) is 0 Å². The maximum atomic E-state index is 10.3. The lowest BCUT2D eigenvalue weighted by Crippen LogP contribution is -2.09. The van der Waals surface area contributed by atoms with Crippen molar-refractivity contribution in [3.63, 3.8) is 0 Å². The van der Waals surface area contributed by atoms with Crippen molar-refractivity contribution in [2.75, 3.05) is 0 Å². The molecule has 0 fully saturated rings. The molecule has 3 heteroatoms. The molecule has 0 amide bonds. The van der Waals surface area contributed by atoms with Crippen molar-refractivity contribution in [2.24, 2.45) is 0 Å². The zero-order valence-electron chi connectivity index (χ0n) is 11.0. The second-order valence-electron chi connectivity index (χ2n) is 4.72. The molecule has 0 radical (unpaired) electrons. The van der Waals surface area contributed by atoms with Gasteiger partial charge in [-0.1, -0.05) is 36.8 Å². The van der Waals surface area contributed by atoms with Gasteiger partial charge in [-0.25, -0.2) is 4.98 Å². The van der Waals surface area contributed by atoms with Crippen LogP contribution in [0.25, 0.3) is 0 Å². The molecule has 1 aromatic heterocycles. The molecule has 0 aliphatic carbocycles. The van der Waals surface area contributed by atoms with Gasteiger partial charge in [-0.05, 0) is 18.9 Å². The Labute approximate surface area is 108 Å². The Morgan fingerprint density at radius 3 is 2.94 bits per heavy atom. The van der Waals surface area contributed by atoms with Crippen LogP contribution in [0.15, 0.2) is 36.8 Å². The van der Waals surface area contributed by atoms with E-state index in [0.717, 1.165) is 24.2 Å². The summed E-state index contributed by atoms with van der Waals surface area (Å²) in [5.74, 6) is 0. The molecule has 0 saturated heterocycles. The number of aryl methyl sites for hydroxylation is 2. The highest BCUT2D eigenvalue weighted by Crippen LogP contribution is 2.19. The molecule has 1 unspecified atom stereocenters. The highest BCUT2D eigenvalue weighted by molar-refractivity contribution is 5.23. The number of aliphatic hydroxyl groups is 1. The Morgan fingerprint density at radius 2 is 2.22 bits per heavy atom. The predicted molar refractivity (Wildman–Crippen MR) is 72.4 cm³/mol. The van der Waals surface area contributed by atoms with Crippen molar-refractivity contribution < 1.29 is 5.11 Å². The zero-order chi connectivity index (χ0) is 13.0. The van der Waals surface area contributed by atoms with E-state index in [4.69, 9.17) is 0 Å². The van der Waals surface area contributed by atoms with Gasteiger partial charge in [-0.3, -0.25) is 0 Å². The molecule has 0 aliphatic rings. The van der Waals surface area contributed by atoms with E-state index < -0.39 is 6.10 Å². The van der Waals surface area contributed by atoms with E-state index in [1.165, 1.54) is 5.56 Å². The van der Waals surface area contributed by atoms with Gasteiger partial charge < -0.3 is 9.67 Å². The summed E-state index contributed by atoms with van der Waals surface area (Å²) in [5, 5.41) is 10.3. The van der Waals surface area contributed by atoms with Crippen LogP contribution >= 0.6 is 0 Å². The molecule has 2 aromatic rings. The third-order valence-corrected chi connectivity index (χ3v) is 3.06. The summed E-state index contributed by atoms with van der Waals surface area (Å²) in [5.41, 5.74) is 3.28. The van der Waals surface area contributed by atoms with Gasteiger partial charge in [0.15, 0.2) is 0 Å². The minimum atomic E-state index is -0.485. The molecule has 0 spiro atoms. The largest absolute Gasteiger partial charge is 0.386 e. The molecule has 2 rings (SSSR count). The molecular formula is C15H20N2O. The number of nitrogens with zero attached hydrogens (tertiary/aromatic N) is 2. The van der Waals surface area contributed by atoms with Crippen molar-refractivity contribution in [1.82, 2.24) is 9.55 Å². The first-order valence-corrected chi connectivity index (χ1v) is 6.44. The van der Waals surface area contributed by atoms with Crippen LogP contribution in [-0.2, 0) is 13.0 Å². The summed E-state index contributed by atoms with van der Waals surface area (Å²) in [7, 11) is 0. The van der Waals surface area contributed by atoms with E-state index in [1.54, 1.807) is 12.5 Å². The number of benzene rings is 1. The second kappa shape index (κ2) is 5.83. The van der Waals surface area contributed by atoms with Gasteiger partial charge in [0.2, 0.25) is 0 Å². The van der Waals surface area contributed by atoms with E-state index >= 15 is 0 Å². The number of aromatic nitrogens is 2. The molecule has 0 bridgehead atoms. The quantitative estimate of drug-likeness (QED) is 0.878. The Bertz CT molecular complexity index is 505. The van der Waals surface area contributed by atoms with Crippen molar-refractivity contribution in [1.29, 1.82) is 0 Å². The summed E-state index contributed by atoms with van der Waals surface area (Å²) in [6, 6.07) is 8.26. The number of imidazole rings is 1. The lowest BCUT2D eigenvalue weighted by atomic mass is 10.0. The van der Waals surface area contributed by atoms with Crippen LogP contribution in [0.3, 0.4) is 0 Å². The highest BCUT2D eigenvalue weighted by Gasteiger charge is 2.13. The lowest BCUT2D eigenvalue weighted by Gasteiger charge is -2.13. The number of hydrogen-bond donors (Lipinski definition) is 1. The summed E-state index contributed by atoms with van der Waals surface area (Å²) < 4.78 is 2.03. The van der Waals surface area contributed by atoms with Crippen LogP contribution in [0.2, 0.25) is 0 Å². The smallest absolute Gasteiger partial charge is 0.0995 e. The van der Waals surface area contributed by atoms with Crippen LogP contribution in [0, 0.1) is 6.92 Å². The van der Waals surface area contributed by atoms with E-state index in [9.17, 15) is 5.11 Å². The van der Waals surface area contributed by atoms with Crippen molar-refractivity contribution in [3.05, 3.63) is 53.6 Å². The number of rotatable bonds is 5.